The van der Waals surface area contributed by atoms with E-state index < -0.39 is 12.1 Å². The highest BCUT2D eigenvalue weighted by Gasteiger charge is 2.07. The highest BCUT2D eigenvalue weighted by Crippen LogP contribution is 2.18. The molecule has 2 N–H and O–H groups in total. The minimum atomic E-state index is -1.06. The van der Waals surface area contributed by atoms with Gasteiger partial charge in [0.1, 0.15) is 6.61 Å². The minimum Gasteiger partial charge on any atom is -0.478 e. The number of carbonyl (C=O) groups excluding carboxylic acids is 1. The predicted molar refractivity (Wildman–Crippen MR) is 96.7 cm³/mol. The van der Waals surface area contributed by atoms with E-state index in [2.05, 4.69) is 5.32 Å². The molecular weight excluding hydrogens is 342 g/mol. The highest BCUT2D eigenvalue weighted by molar-refractivity contribution is 6.33. The molecule has 2 aromatic carbocycles. The summed E-state index contributed by atoms with van der Waals surface area (Å²) in [7, 11) is 0. The average molecular weight is 360 g/mol. The molecule has 0 aliphatic carbocycles. The molecule has 0 heterocycles. The molecule has 5 nitrogen and oxygen atoms in total. The number of nitrogens with one attached hydrogen (secondary N) is 1. The van der Waals surface area contributed by atoms with Gasteiger partial charge in [0.25, 0.3) is 0 Å². The fourth-order valence-corrected chi connectivity index (χ4v) is 2.33. The molecule has 0 unspecified atom stereocenters. The second-order valence-electron chi connectivity index (χ2n) is 5.22. The molecule has 0 aliphatic rings. The number of alkyl carbamates (subject to hydrolysis) is 1. The number of hydrogen-bond donors (Lipinski definition) is 2. The summed E-state index contributed by atoms with van der Waals surface area (Å²) in [4.78, 5) is 22.5. The number of ether oxygens (including phenoxy) is 1. The first-order valence-corrected chi connectivity index (χ1v) is 8.08. The monoisotopic (exact) mass is 359 g/mol. The quantitative estimate of drug-likeness (QED) is 0.720. The summed E-state index contributed by atoms with van der Waals surface area (Å²) in [6.07, 6.45) is 3.82. The Labute approximate surface area is 150 Å². The second kappa shape index (κ2) is 9.49. The van der Waals surface area contributed by atoms with Gasteiger partial charge >= 0.3 is 12.1 Å². The van der Waals surface area contributed by atoms with Crippen LogP contribution in [0.1, 0.15) is 27.9 Å². The lowest BCUT2D eigenvalue weighted by Crippen LogP contribution is -2.24. The number of carboxylic acids is 1. The van der Waals surface area contributed by atoms with Crippen molar-refractivity contribution in [3.63, 3.8) is 0 Å². The fourth-order valence-electron chi connectivity index (χ4n) is 2.06. The van der Waals surface area contributed by atoms with Crippen LogP contribution < -0.4 is 5.32 Å². The molecule has 0 aliphatic heterocycles. The summed E-state index contributed by atoms with van der Waals surface area (Å²) in [6, 6.07) is 14.2. The number of halogens is 1. The van der Waals surface area contributed by atoms with Crippen molar-refractivity contribution in [2.75, 3.05) is 6.54 Å². The summed E-state index contributed by atoms with van der Waals surface area (Å²) < 4.78 is 5.10. The van der Waals surface area contributed by atoms with Crippen molar-refractivity contribution in [1.82, 2.24) is 5.32 Å². The van der Waals surface area contributed by atoms with Crippen molar-refractivity contribution < 1.29 is 19.4 Å². The van der Waals surface area contributed by atoms with E-state index in [1.54, 1.807) is 12.1 Å². The molecule has 6 heteroatoms. The van der Waals surface area contributed by atoms with E-state index in [-0.39, 0.29) is 17.2 Å². The van der Waals surface area contributed by atoms with Gasteiger partial charge in [-0.3, -0.25) is 0 Å². The molecule has 1 amide bonds. The van der Waals surface area contributed by atoms with Gasteiger partial charge in [-0.2, -0.15) is 0 Å². The van der Waals surface area contributed by atoms with Gasteiger partial charge in [0, 0.05) is 6.54 Å². The van der Waals surface area contributed by atoms with Crippen molar-refractivity contribution in [2.24, 2.45) is 0 Å². The summed E-state index contributed by atoms with van der Waals surface area (Å²) in [5, 5.41) is 11.8. The van der Waals surface area contributed by atoms with Gasteiger partial charge < -0.3 is 15.2 Å². The van der Waals surface area contributed by atoms with Crippen molar-refractivity contribution >= 4 is 29.7 Å². The fraction of sp³-hybridized carbons (Fsp3) is 0.158. The van der Waals surface area contributed by atoms with Crippen molar-refractivity contribution in [2.45, 2.75) is 13.0 Å². The Hall–Kier alpha value is -2.79. The molecule has 130 valence electrons. The van der Waals surface area contributed by atoms with E-state index in [9.17, 15) is 9.59 Å². The van der Waals surface area contributed by atoms with Gasteiger partial charge in [0.2, 0.25) is 0 Å². The number of rotatable bonds is 7. The Morgan fingerprint density at radius 2 is 1.92 bits per heavy atom. The predicted octanol–water partition coefficient (Wildman–Crippen LogP) is 4.37. The molecule has 0 saturated carbocycles. The first kappa shape index (κ1) is 18.5. The minimum absolute atomic E-state index is 0.0710. The molecule has 0 saturated heterocycles. The van der Waals surface area contributed by atoms with Crippen LogP contribution in [0.3, 0.4) is 0 Å². The van der Waals surface area contributed by atoms with Gasteiger partial charge in [-0.25, -0.2) is 9.59 Å². The van der Waals surface area contributed by atoms with Crippen LogP contribution in [0.2, 0.25) is 5.02 Å². The van der Waals surface area contributed by atoms with E-state index in [0.717, 1.165) is 11.1 Å². The third kappa shape index (κ3) is 6.31. The van der Waals surface area contributed by atoms with Gasteiger partial charge in [0.05, 0.1) is 10.6 Å². The summed E-state index contributed by atoms with van der Waals surface area (Å²) >= 11 is 5.90. The number of carbonyl (C=O) groups is 2. The van der Waals surface area contributed by atoms with Crippen molar-refractivity contribution in [1.29, 1.82) is 0 Å². The zero-order valence-corrected chi connectivity index (χ0v) is 14.2. The Morgan fingerprint density at radius 3 is 2.60 bits per heavy atom. The van der Waals surface area contributed by atoms with Crippen molar-refractivity contribution in [3.05, 3.63) is 76.3 Å². The van der Waals surface area contributed by atoms with Crippen LogP contribution in [-0.4, -0.2) is 23.7 Å². The number of benzene rings is 2. The topological polar surface area (TPSA) is 75.6 Å². The number of hydrogen-bond acceptors (Lipinski definition) is 3. The lowest BCUT2D eigenvalue weighted by atomic mass is 10.1. The maximum absolute atomic E-state index is 11.6. The van der Waals surface area contributed by atoms with E-state index >= 15 is 0 Å². The SMILES string of the molecule is O=C(NCCC=Cc1ccc(C(=O)O)c(Cl)c1)OCc1ccccc1. The van der Waals surface area contributed by atoms with Crippen LogP contribution in [-0.2, 0) is 11.3 Å². The molecule has 25 heavy (non-hydrogen) atoms. The Bertz CT molecular complexity index is 759. The highest BCUT2D eigenvalue weighted by atomic mass is 35.5. The second-order valence-corrected chi connectivity index (χ2v) is 5.63. The number of carboxylic acid groups (broad SMARTS) is 1. The van der Waals surface area contributed by atoms with Gasteiger partial charge in [-0.1, -0.05) is 60.2 Å². The Balaban J connectivity index is 1.70. The first-order chi connectivity index (χ1) is 12.1. The molecule has 0 fully saturated rings. The van der Waals surface area contributed by atoms with Crippen LogP contribution in [0.4, 0.5) is 4.79 Å². The molecule has 0 radical (unpaired) electrons. The third-order valence-electron chi connectivity index (χ3n) is 3.33. The maximum atomic E-state index is 11.6. The summed E-state index contributed by atoms with van der Waals surface area (Å²) in [5.74, 6) is -1.06. The largest absolute Gasteiger partial charge is 0.478 e. The zero-order valence-electron chi connectivity index (χ0n) is 13.4. The molecule has 0 spiro atoms. The maximum Gasteiger partial charge on any atom is 0.407 e. The normalized spacial score (nSPS) is 10.6. The average Bonchev–Trinajstić information content (AvgIpc) is 2.60. The van der Waals surface area contributed by atoms with Crippen LogP contribution in [0, 0.1) is 0 Å². The third-order valence-corrected chi connectivity index (χ3v) is 3.64. The first-order valence-electron chi connectivity index (χ1n) is 7.70. The van der Waals surface area contributed by atoms with Crippen LogP contribution in [0.15, 0.2) is 54.6 Å². The van der Waals surface area contributed by atoms with E-state index in [0.29, 0.717) is 13.0 Å². The number of amides is 1. The Morgan fingerprint density at radius 1 is 1.16 bits per heavy atom. The van der Waals surface area contributed by atoms with E-state index in [1.165, 1.54) is 6.07 Å². The molecule has 0 atom stereocenters. The zero-order chi connectivity index (χ0) is 18.1. The van der Waals surface area contributed by atoms with Crippen LogP contribution in [0.25, 0.3) is 6.08 Å². The molecule has 0 bridgehead atoms. The lowest BCUT2D eigenvalue weighted by molar-refractivity contribution is 0.0697. The van der Waals surface area contributed by atoms with Gasteiger partial charge in [0.15, 0.2) is 0 Å². The summed E-state index contributed by atoms with van der Waals surface area (Å²) in [6.45, 7) is 0.669. The van der Waals surface area contributed by atoms with Crippen LogP contribution >= 0.6 is 11.6 Å². The smallest absolute Gasteiger partial charge is 0.407 e. The molecule has 2 aromatic rings. The standard InChI is InChI=1S/C19H18ClNO4/c20-17-12-14(9-10-16(17)18(22)23)6-4-5-11-21-19(24)25-13-15-7-2-1-3-8-15/h1-4,6-10,12H,5,11,13H2,(H,21,24)(H,22,23). The van der Waals surface area contributed by atoms with E-state index in [1.807, 2.05) is 42.5 Å². The van der Waals surface area contributed by atoms with Gasteiger partial charge in [-0.05, 0) is 29.7 Å². The molecule has 2 rings (SSSR count). The molecular formula is C19H18ClNO4. The van der Waals surface area contributed by atoms with Crippen molar-refractivity contribution in [3.8, 4) is 0 Å². The van der Waals surface area contributed by atoms with E-state index in [4.69, 9.17) is 21.4 Å². The molecule has 0 aromatic heterocycles. The summed E-state index contributed by atoms with van der Waals surface area (Å²) in [5.41, 5.74) is 1.79. The Kier molecular flexibility index (Phi) is 7.04. The van der Waals surface area contributed by atoms with Gasteiger partial charge in [-0.15, -0.1) is 0 Å². The van der Waals surface area contributed by atoms with Crippen LogP contribution in [0.5, 0.6) is 0 Å². The number of aromatic carboxylic acids is 1. The lowest BCUT2D eigenvalue weighted by Gasteiger charge is -2.06.